The Morgan fingerprint density at radius 1 is 1.60 bits per heavy atom. The highest BCUT2D eigenvalue weighted by Crippen LogP contribution is 2.11. The van der Waals surface area contributed by atoms with Gasteiger partial charge in [0, 0.05) is 33.4 Å². The first-order valence-electron chi connectivity index (χ1n) is 4.58. The zero-order chi connectivity index (χ0) is 11.5. The highest BCUT2D eigenvalue weighted by molar-refractivity contribution is 7.89. The van der Waals surface area contributed by atoms with Crippen molar-refractivity contribution in [2.24, 2.45) is 7.05 Å². The molecule has 0 aliphatic carbocycles. The van der Waals surface area contributed by atoms with E-state index in [-0.39, 0.29) is 4.90 Å². The molecular formula is C8H16N4O2S. The van der Waals surface area contributed by atoms with Gasteiger partial charge in [0.05, 0.1) is 6.20 Å². The van der Waals surface area contributed by atoms with Gasteiger partial charge in [-0.3, -0.25) is 4.68 Å². The number of sulfonamides is 1. The number of hydrogen-bond acceptors (Lipinski definition) is 4. The molecule has 0 amide bonds. The Morgan fingerprint density at radius 2 is 2.27 bits per heavy atom. The summed E-state index contributed by atoms with van der Waals surface area (Å²) in [7, 11) is 1.64. The van der Waals surface area contributed by atoms with Crippen molar-refractivity contribution in [3.8, 4) is 0 Å². The van der Waals surface area contributed by atoms with Gasteiger partial charge in [0.2, 0.25) is 10.0 Å². The summed E-state index contributed by atoms with van der Waals surface area (Å²) in [4.78, 5) is 0.226. The van der Waals surface area contributed by atoms with Crippen LogP contribution in [-0.2, 0) is 17.1 Å². The number of nitrogens with zero attached hydrogens (tertiary/aromatic N) is 3. The van der Waals surface area contributed by atoms with Crippen LogP contribution < -0.4 is 5.32 Å². The number of nitrogens with one attached hydrogen (secondary N) is 1. The van der Waals surface area contributed by atoms with Gasteiger partial charge in [-0.25, -0.2) is 8.42 Å². The second-order valence-electron chi connectivity index (χ2n) is 3.28. The molecule has 1 heterocycles. The summed E-state index contributed by atoms with van der Waals surface area (Å²) in [5.41, 5.74) is 0. The molecule has 0 aliphatic rings. The van der Waals surface area contributed by atoms with E-state index in [1.165, 1.54) is 21.4 Å². The van der Waals surface area contributed by atoms with Crippen molar-refractivity contribution < 1.29 is 8.42 Å². The molecule has 0 aliphatic heterocycles. The Labute approximate surface area is 89.9 Å². The van der Waals surface area contributed by atoms with Crippen LogP contribution in [0, 0.1) is 0 Å². The first-order valence-corrected chi connectivity index (χ1v) is 6.02. The average Bonchev–Trinajstić information content (AvgIpc) is 2.61. The largest absolute Gasteiger partial charge is 0.318 e. The first-order chi connectivity index (χ1) is 6.98. The molecule has 0 atom stereocenters. The molecule has 0 fully saturated rings. The molecule has 1 rings (SSSR count). The van der Waals surface area contributed by atoms with E-state index in [9.17, 15) is 8.42 Å². The van der Waals surface area contributed by atoms with Gasteiger partial charge in [0.25, 0.3) is 0 Å². The van der Waals surface area contributed by atoms with Crippen LogP contribution in [-0.4, -0.2) is 49.7 Å². The number of hydrogen-bond donors (Lipinski definition) is 1. The molecule has 0 spiro atoms. The van der Waals surface area contributed by atoms with Crippen LogP contribution in [0.4, 0.5) is 0 Å². The topological polar surface area (TPSA) is 67.2 Å². The predicted octanol–water partition coefficient (Wildman–Crippen LogP) is -0.740. The van der Waals surface area contributed by atoms with Crippen LogP contribution >= 0.6 is 0 Å². The van der Waals surface area contributed by atoms with E-state index in [2.05, 4.69) is 10.4 Å². The van der Waals surface area contributed by atoms with Gasteiger partial charge in [-0.2, -0.15) is 9.40 Å². The van der Waals surface area contributed by atoms with Crippen molar-refractivity contribution in [2.45, 2.75) is 4.90 Å². The van der Waals surface area contributed by atoms with Crippen molar-refractivity contribution in [2.75, 3.05) is 27.2 Å². The van der Waals surface area contributed by atoms with Gasteiger partial charge in [-0.05, 0) is 7.05 Å². The van der Waals surface area contributed by atoms with Crippen LogP contribution in [0.5, 0.6) is 0 Å². The minimum absolute atomic E-state index is 0.226. The van der Waals surface area contributed by atoms with Gasteiger partial charge < -0.3 is 5.32 Å². The maximum Gasteiger partial charge on any atom is 0.245 e. The third-order valence-electron chi connectivity index (χ3n) is 2.07. The summed E-state index contributed by atoms with van der Waals surface area (Å²) >= 11 is 0. The van der Waals surface area contributed by atoms with Crippen molar-refractivity contribution in [1.29, 1.82) is 0 Å². The molecule has 0 aromatic carbocycles. The number of likely N-dealkylation sites (N-methyl/N-ethyl adjacent to an activating group) is 2. The Kier molecular flexibility index (Phi) is 3.83. The standard InChI is InChI=1S/C8H16N4O2S/c1-9-4-5-12(3)15(13,14)8-6-10-11(2)7-8/h6-7,9H,4-5H2,1-3H3. The van der Waals surface area contributed by atoms with Crippen molar-refractivity contribution in [1.82, 2.24) is 19.4 Å². The van der Waals surface area contributed by atoms with E-state index < -0.39 is 10.0 Å². The highest BCUT2D eigenvalue weighted by Gasteiger charge is 2.21. The average molecular weight is 232 g/mol. The molecule has 7 heteroatoms. The summed E-state index contributed by atoms with van der Waals surface area (Å²) in [6.07, 6.45) is 2.84. The summed E-state index contributed by atoms with van der Waals surface area (Å²) in [6.45, 7) is 1.06. The van der Waals surface area contributed by atoms with Crippen molar-refractivity contribution in [3.05, 3.63) is 12.4 Å². The van der Waals surface area contributed by atoms with Crippen molar-refractivity contribution >= 4 is 10.0 Å². The van der Waals surface area contributed by atoms with Crippen LogP contribution in [0.3, 0.4) is 0 Å². The first kappa shape index (κ1) is 12.2. The Hall–Kier alpha value is -0.920. The lowest BCUT2D eigenvalue weighted by molar-refractivity contribution is 0.466. The zero-order valence-electron chi connectivity index (χ0n) is 9.14. The summed E-state index contributed by atoms with van der Waals surface area (Å²) in [6, 6.07) is 0. The van der Waals surface area contributed by atoms with E-state index in [0.717, 1.165) is 0 Å². The molecular weight excluding hydrogens is 216 g/mol. The van der Waals surface area contributed by atoms with E-state index in [1.54, 1.807) is 21.1 Å². The number of aryl methyl sites for hydroxylation is 1. The summed E-state index contributed by atoms with van der Waals surface area (Å²) in [5.74, 6) is 0. The summed E-state index contributed by atoms with van der Waals surface area (Å²) < 4.78 is 26.6. The molecule has 1 aromatic heterocycles. The molecule has 6 nitrogen and oxygen atoms in total. The lowest BCUT2D eigenvalue weighted by Crippen LogP contribution is -2.32. The van der Waals surface area contributed by atoms with Gasteiger partial charge in [0.15, 0.2) is 0 Å². The van der Waals surface area contributed by atoms with E-state index in [4.69, 9.17) is 0 Å². The van der Waals surface area contributed by atoms with E-state index >= 15 is 0 Å². The molecule has 1 N–H and O–H groups in total. The molecule has 0 saturated carbocycles. The fraction of sp³-hybridized carbons (Fsp3) is 0.625. The van der Waals surface area contributed by atoms with Crippen LogP contribution in [0.2, 0.25) is 0 Å². The van der Waals surface area contributed by atoms with Crippen molar-refractivity contribution in [3.63, 3.8) is 0 Å². The predicted molar refractivity (Wildman–Crippen MR) is 57.0 cm³/mol. The molecule has 15 heavy (non-hydrogen) atoms. The van der Waals surface area contributed by atoms with Gasteiger partial charge >= 0.3 is 0 Å². The molecule has 0 bridgehead atoms. The molecule has 86 valence electrons. The Bertz CT molecular complexity index is 412. The second kappa shape index (κ2) is 4.73. The fourth-order valence-corrected chi connectivity index (χ4v) is 2.26. The van der Waals surface area contributed by atoms with E-state index in [0.29, 0.717) is 13.1 Å². The highest BCUT2D eigenvalue weighted by atomic mass is 32.2. The maximum absolute atomic E-state index is 11.9. The third kappa shape index (κ3) is 2.77. The quantitative estimate of drug-likeness (QED) is 0.726. The monoisotopic (exact) mass is 232 g/mol. The minimum Gasteiger partial charge on any atom is -0.318 e. The van der Waals surface area contributed by atoms with Crippen LogP contribution in [0.15, 0.2) is 17.3 Å². The Balaban J connectivity index is 2.83. The van der Waals surface area contributed by atoms with E-state index in [1.807, 2.05) is 0 Å². The molecule has 0 radical (unpaired) electrons. The summed E-state index contributed by atoms with van der Waals surface area (Å²) in [5, 5.41) is 6.74. The van der Waals surface area contributed by atoms with Gasteiger partial charge in [-0.1, -0.05) is 0 Å². The second-order valence-corrected chi connectivity index (χ2v) is 5.32. The normalized spacial score (nSPS) is 12.3. The van der Waals surface area contributed by atoms with Gasteiger partial charge in [-0.15, -0.1) is 0 Å². The van der Waals surface area contributed by atoms with Gasteiger partial charge in [0.1, 0.15) is 4.90 Å². The fourth-order valence-electron chi connectivity index (χ4n) is 1.10. The smallest absolute Gasteiger partial charge is 0.245 e. The lowest BCUT2D eigenvalue weighted by Gasteiger charge is -2.15. The molecule has 0 saturated heterocycles. The Morgan fingerprint density at radius 3 is 2.73 bits per heavy atom. The maximum atomic E-state index is 11.9. The molecule has 1 aromatic rings. The van der Waals surface area contributed by atoms with Crippen LogP contribution in [0.1, 0.15) is 0 Å². The minimum atomic E-state index is -3.38. The van der Waals surface area contributed by atoms with Crippen LogP contribution in [0.25, 0.3) is 0 Å². The SMILES string of the molecule is CNCCN(C)S(=O)(=O)c1cnn(C)c1. The molecule has 0 unspecified atom stereocenters. The zero-order valence-corrected chi connectivity index (χ0v) is 9.95. The third-order valence-corrected chi connectivity index (χ3v) is 3.88. The number of aromatic nitrogens is 2. The lowest BCUT2D eigenvalue weighted by atomic mass is 10.6. The number of rotatable bonds is 5.